The van der Waals surface area contributed by atoms with Gasteiger partial charge in [-0.25, -0.2) is 0 Å². The summed E-state index contributed by atoms with van der Waals surface area (Å²) in [5, 5.41) is 0. The van der Waals surface area contributed by atoms with Gasteiger partial charge in [-0.05, 0) is 12.1 Å². The quantitative estimate of drug-likeness (QED) is 0.733. The Labute approximate surface area is 82.5 Å². The summed E-state index contributed by atoms with van der Waals surface area (Å²) in [5.41, 5.74) is 0. The molecular formula is C8H6F3NOS. The standard InChI is InChI=1S/C8H6F3NOS/c9-8(10,11)7(13)5-14-6-1-3-12-4-2-6/h1-4H,5H2. The molecule has 0 unspecified atom stereocenters. The number of pyridine rings is 1. The van der Waals surface area contributed by atoms with Gasteiger partial charge >= 0.3 is 6.18 Å². The van der Waals surface area contributed by atoms with Crippen molar-refractivity contribution in [2.24, 2.45) is 0 Å². The first-order valence-electron chi connectivity index (χ1n) is 3.63. The van der Waals surface area contributed by atoms with E-state index < -0.39 is 17.7 Å². The van der Waals surface area contributed by atoms with Gasteiger partial charge in [0.15, 0.2) is 0 Å². The Balaban J connectivity index is 2.46. The summed E-state index contributed by atoms with van der Waals surface area (Å²) < 4.78 is 35.3. The fourth-order valence-corrected chi connectivity index (χ4v) is 1.44. The molecule has 1 rings (SSSR count). The highest BCUT2D eigenvalue weighted by atomic mass is 32.2. The van der Waals surface area contributed by atoms with Gasteiger partial charge in [0, 0.05) is 17.3 Å². The van der Waals surface area contributed by atoms with E-state index in [9.17, 15) is 18.0 Å². The van der Waals surface area contributed by atoms with E-state index in [1.807, 2.05) is 0 Å². The van der Waals surface area contributed by atoms with Gasteiger partial charge in [0.25, 0.3) is 0 Å². The minimum Gasteiger partial charge on any atom is -0.289 e. The van der Waals surface area contributed by atoms with E-state index in [1.54, 1.807) is 12.1 Å². The van der Waals surface area contributed by atoms with Crippen molar-refractivity contribution < 1.29 is 18.0 Å². The zero-order valence-corrected chi connectivity index (χ0v) is 7.73. The molecule has 0 aliphatic heterocycles. The first-order valence-corrected chi connectivity index (χ1v) is 4.61. The lowest BCUT2D eigenvalue weighted by molar-refractivity contribution is -0.167. The number of aromatic nitrogens is 1. The molecule has 0 aromatic carbocycles. The van der Waals surface area contributed by atoms with Crippen molar-refractivity contribution in [3.63, 3.8) is 0 Å². The van der Waals surface area contributed by atoms with Crippen LogP contribution in [0.25, 0.3) is 0 Å². The molecular weight excluding hydrogens is 215 g/mol. The van der Waals surface area contributed by atoms with Crippen LogP contribution in [0.3, 0.4) is 0 Å². The topological polar surface area (TPSA) is 30.0 Å². The molecule has 0 saturated heterocycles. The molecule has 0 spiro atoms. The lowest BCUT2D eigenvalue weighted by atomic mass is 10.4. The molecule has 0 amide bonds. The van der Waals surface area contributed by atoms with E-state index in [0.29, 0.717) is 4.90 Å². The third kappa shape index (κ3) is 3.37. The highest BCUT2D eigenvalue weighted by Gasteiger charge is 2.37. The second kappa shape index (κ2) is 4.45. The van der Waals surface area contributed by atoms with Gasteiger partial charge in [0.05, 0.1) is 5.75 Å². The Kier molecular flexibility index (Phi) is 3.51. The van der Waals surface area contributed by atoms with Crippen molar-refractivity contribution in [1.29, 1.82) is 0 Å². The maximum absolute atomic E-state index is 11.8. The molecule has 1 aromatic rings. The van der Waals surface area contributed by atoms with E-state index in [0.717, 1.165) is 11.8 Å². The maximum Gasteiger partial charge on any atom is 0.450 e. The van der Waals surface area contributed by atoms with Gasteiger partial charge in [0.2, 0.25) is 5.78 Å². The Bertz CT molecular complexity index is 312. The molecule has 2 nitrogen and oxygen atoms in total. The van der Waals surface area contributed by atoms with Crippen LogP contribution < -0.4 is 0 Å². The summed E-state index contributed by atoms with van der Waals surface area (Å²) in [7, 11) is 0. The third-order valence-corrected chi connectivity index (χ3v) is 2.35. The lowest BCUT2D eigenvalue weighted by Crippen LogP contribution is -2.24. The average molecular weight is 221 g/mol. The number of Topliss-reactive ketones (excluding diaryl/α,β-unsaturated/α-hetero) is 1. The van der Waals surface area contributed by atoms with Gasteiger partial charge < -0.3 is 0 Å². The number of halogens is 3. The highest BCUT2D eigenvalue weighted by Crippen LogP contribution is 2.22. The second-order valence-electron chi connectivity index (χ2n) is 2.39. The Morgan fingerprint density at radius 1 is 1.36 bits per heavy atom. The van der Waals surface area contributed by atoms with E-state index in [-0.39, 0.29) is 0 Å². The summed E-state index contributed by atoms with van der Waals surface area (Å²) >= 11 is 0.846. The fourth-order valence-electron chi connectivity index (χ4n) is 0.665. The molecule has 0 N–H and O–H groups in total. The van der Waals surface area contributed by atoms with Gasteiger partial charge in [0.1, 0.15) is 0 Å². The van der Waals surface area contributed by atoms with Crippen LogP contribution in [0, 0.1) is 0 Å². The van der Waals surface area contributed by atoms with Crippen molar-refractivity contribution in [3.8, 4) is 0 Å². The summed E-state index contributed by atoms with van der Waals surface area (Å²) in [6, 6.07) is 3.10. The minimum absolute atomic E-state index is 0.590. The normalized spacial score (nSPS) is 11.4. The molecule has 14 heavy (non-hydrogen) atoms. The summed E-state index contributed by atoms with van der Waals surface area (Å²) in [5.74, 6) is -2.31. The number of ketones is 1. The predicted octanol–water partition coefficient (Wildman–Crippen LogP) is 2.31. The number of carbonyl (C=O) groups is 1. The summed E-state index contributed by atoms with van der Waals surface area (Å²) in [6.07, 6.45) is -1.82. The number of carbonyl (C=O) groups excluding carboxylic acids is 1. The predicted molar refractivity (Wildman–Crippen MR) is 46.0 cm³/mol. The molecule has 1 aromatic heterocycles. The molecule has 0 radical (unpaired) electrons. The van der Waals surface area contributed by atoms with Gasteiger partial charge in [-0.3, -0.25) is 9.78 Å². The van der Waals surface area contributed by atoms with Crippen molar-refractivity contribution >= 4 is 17.5 Å². The molecule has 0 bridgehead atoms. The molecule has 6 heteroatoms. The van der Waals surface area contributed by atoms with Crippen molar-refractivity contribution in [2.45, 2.75) is 11.1 Å². The van der Waals surface area contributed by atoms with Crippen LogP contribution in [-0.4, -0.2) is 22.7 Å². The van der Waals surface area contributed by atoms with Gasteiger partial charge in [-0.1, -0.05) is 0 Å². The Morgan fingerprint density at radius 3 is 2.43 bits per heavy atom. The molecule has 0 aliphatic carbocycles. The maximum atomic E-state index is 11.8. The van der Waals surface area contributed by atoms with E-state index in [1.165, 1.54) is 12.4 Å². The molecule has 0 aliphatic rings. The van der Waals surface area contributed by atoms with Crippen LogP contribution in [0.1, 0.15) is 0 Å². The fraction of sp³-hybridized carbons (Fsp3) is 0.250. The van der Waals surface area contributed by atoms with Gasteiger partial charge in [-0.2, -0.15) is 13.2 Å². The van der Waals surface area contributed by atoms with Crippen LogP contribution in [0.4, 0.5) is 13.2 Å². The number of thioether (sulfide) groups is 1. The first kappa shape index (κ1) is 11.0. The zero-order chi connectivity index (χ0) is 10.6. The second-order valence-corrected chi connectivity index (χ2v) is 3.44. The minimum atomic E-state index is -4.74. The number of rotatable bonds is 3. The van der Waals surface area contributed by atoms with E-state index in [2.05, 4.69) is 4.98 Å². The number of hydrogen-bond acceptors (Lipinski definition) is 3. The first-order chi connectivity index (χ1) is 6.50. The highest BCUT2D eigenvalue weighted by molar-refractivity contribution is 8.00. The average Bonchev–Trinajstić information content (AvgIpc) is 2.14. The van der Waals surface area contributed by atoms with Crippen LogP contribution >= 0.6 is 11.8 Å². The smallest absolute Gasteiger partial charge is 0.289 e. The molecule has 76 valence electrons. The zero-order valence-electron chi connectivity index (χ0n) is 6.91. The van der Waals surface area contributed by atoms with Crippen molar-refractivity contribution in [2.75, 3.05) is 5.75 Å². The van der Waals surface area contributed by atoms with E-state index in [4.69, 9.17) is 0 Å². The molecule has 0 saturated carbocycles. The lowest BCUT2D eigenvalue weighted by Gasteiger charge is -2.03. The van der Waals surface area contributed by atoms with Crippen LogP contribution in [-0.2, 0) is 4.79 Å². The summed E-state index contributed by atoms with van der Waals surface area (Å²) in [6.45, 7) is 0. The Hall–Kier alpha value is -1.04. The largest absolute Gasteiger partial charge is 0.450 e. The number of alkyl halides is 3. The number of nitrogens with zero attached hydrogens (tertiary/aromatic N) is 1. The third-order valence-electron chi connectivity index (χ3n) is 1.34. The van der Waals surface area contributed by atoms with Crippen LogP contribution in [0.2, 0.25) is 0 Å². The Morgan fingerprint density at radius 2 is 1.93 bits per heavy atom. The SMILES string of the molecule is O=C(CSc1ccncc1)C(F)(F)F. The monoisotopic (exact) mass is 221 g/mol. The van der Waals surface area contributed by atoms with Crippen molar-refractivity contribution in [1.82, 2.24) is 4.98 Å². The van der Waals surface area contributed by atoms with E-state index >= 15 is 0 Å². The van der Waals surface area contributed by atoms with Crippen molar-refractivity contribution in [3.05, 3.63) is 24.5 Å². The number of hydrogen-bond donors (Lipinski definition) is 0. The van der Waals surface area contributed by atoms with Crippen LogP contribution in [0.5, 0.6) is 0 Å². The van der Waals surface area contributed by atoms with Crippen LogP contribution in [0.15, 0.2) is 29.4 Å². The molecule has 0 fully saturated rings. The molecule has 0 atom stereocenters. The van der Waals surface area contributed by atoms with Gasteiger partial charge in [-0.15, -0.1) is 11.8 Å². The molecule has 1 heterocycles. The summed E-state index contributed by atoms with van der Waals surface area (Å²) in [4.78, 5) is 14.8.